The number of piperidine rings is 1. The Balaban J connectivity index is 1.29. The molecule has 0 aliphatic carbocycles. The van der Waals surface area contributed by atoms with Crippen LogP contribution in [-0.2, 0) is 6.54 Å². The molecule has 1 N–H and O–H groups in total. The lowest BCUT2D eigenvalue weighted by atomic mass is 10.0. The van der Waals surface area contributed by atoms with Crippen molar-refractivity contribution >= 4 is 16.5 Å². The molecule has 0 amide bonds. The molecule has 3 heterocycles. The summed E-state index contributed by atoms with van der Waals surface area (Å²) < 4.78 is 11.5. The third-order valence-electron chi connectivity index (χ3n) is 4.59. The smallest absolute Gasteiger partial charge is 0.185 e. The molecule has 6 heteroatoms. The van der Waals surface area contributed by atoms with Gasteiger partial charge in [-0.25, -0.2) is 4.98 Å². The van der Waals surface area contributed by atoms with Gasteiger partial charge in [0.25, 0.3) is 0 Å². The molecule has 0 radical (unpaired) electrons. The van der Waals surface area contributed by atoms with E-state index in [4.69, 9.17) is 9.47 Å². The monoisotopic (exact) mass is 345 g/mol. The van der Waals surface area contributed by atoms with E-state index in [0.717, 1.165) is 68.7 Å². The van der Waals surface area contributed by atoms with Crippen molar-refractivity contribution in [1.29, 1.82) is 0 Å². The van der Waals surface area contributed by atoms with E-state index in [-0.39, 0.29) is 0 Å². The fourth-order valence-electron chi connectivity index (χ4n) is 3.23. The molecule has 2 aliphatic rings. The average molecular weight is 345 g/mol. The summed E-state index contributed by atoms with van der Waals surface area (Å²) in [7, 11) is 0. The van der Waals surface area contributed by atoms with E-state index in [0.29, 0.717) is 6.04 Å². The van der Waals surface area contributed by atoms with Gasteiger partial charge in [-0.15, -0.1) is 11.3 Å². The molecular weight excluding hydrogens is 322 g/mol. The van der Waals surface area contributed by atoms with Crippen molar-refractivity contribution in [3.8, 4) is 11.5 Å². The molecule has 2 aliphatic heterocycles. The Bertz CT molecular complexity index is 654. The van der Waals surface area contributed by atoms with Crippen LogP contribution < -0.4 is 19.7 Å². The summed E-state index contributed by atoms with van der Waals surface area (Å²) in [6.07, 6.45) is 5.14. The number of aromatic nitrogens is 1. The van der Waals surface area contributed by atoms with Crippen LogP contribution in [0.3, 0.4) is 0 Å². The first-order chi connectivity index (χ1) is 11.9. The average Bonchev–Trinajstić information content (AvgIpc) is 3.06. The number of nitrogens with zero attached hydrogens (tertiary/aromatic N) is 2. The number of hydrogen-bond acceptors (Lipinski definition) is 6. The Kier molecular flexibility index (Phi) is 4.85. The predicted molar refractivity (Wildman–Crippen MR) is 96.2 cm³/mol. The van der Waals surface area contributed by atoms with Crippen molar-refractivity contribution in [3.63, 3.8) is 0 Å². The molecular formula is C18H23N3O2S. The zero-order valence-electron chi connectivity index (χ0n) is 13.7. The highest BCUT2D eigenvalue weighted by atomic mass is 32.1. The zero-order chi connectivity index (χ0) is 16.2. The first kappa shape index (κ1) is 15.7. The van der Waals surface area contributed by atoms with Gasteiger partial charge in [0.15, 0.2) is 16.6 Å². The number of fused-ring (bicyclic) bond motifs is 1. The summed E-state index contributed by atoms with van der Waals surface area (Å²) in [6.45, 7) is 4.50. The van der Waals surface area contributed by atoms with E-state index in [9.17, 15) is 0 Å². The van der Waals surface area contributed by atoms with Crippen molar-refractivity contribution < 1.29 is 9.47 Å². The molecule has 1 fully saturated rings. The first-order valence-corrected chi connectivity index (χ1v) is 9.53. The summed E-state index contributed by atoms with van der Waals surface area (Å²) in [6, 6.07) is 6.84. The number of hydrogen-bond donors (Lipinski definition) is 1. The Morgan fingerprint density at radius 3 is 2.79 bits per heavy atom. The summed E-state index contributed by atoms with van der Waals surface area (Å²) in [5.74, 6) is 1.75. The number of rotatable bonds is 4. The van der Waals surface area contributed by atoms with Crippen LogP contribution in [0.1, 0.15) is 24.8 Å². The minimum absolute atomic E-state index is 0.567. The van der Waals surface area contributed by atoms with Gasteiger partial charge in [0, 0.05) is 43.7 Å². The molecule has 4 rings (SSSR count). The maximum atomic E-state index is 5.77. The van der Waals surface area contributed by atoms with Gasteiger partial charge >= 0.3 is 0 Å². The van der Waals surface area contributed by atoms with Gasteiger partial charge in [-0.3, -0.25) is 0 Å². The largest absolute Gasteiger partial charge is 0.490 e. The summed E-state index contributed by atoms with van der Waals surface area (Å²) >= 11 is 1.72. The van der Waals surface area contributed by atoms with E-state index in [1.807, 2.05) is 17.6 Å². The van der Waals surface area contributed by atoms with Crippen molar-refractivity contribution in [2.45, 2.75) is 31.8 Å². The Morgan fingerprint density at radius 1 is 1.17 bits per heavy atom. The molecule has 0 spiro atoms. The van der Waals surface area contributed by atoms with E-state index in [1.54, 1.807) is 11.3 Å². The molecule has 24 heavy (non-hydrogen) atoms. The Hall–Kier alpha value is -1.79. The van der Waals surface area contributed by atoms with Gasteiger partial charge in [-0.1, -0.05) is 6.07 Å². The normalized spacial score (nSPS) is 18.4. The van der Waals surface area contributed by atoms with Crippen LogP contribution >= 0.6 is 11.3 Å². The summed E-state index contributed by atoms with van der Waals surface area (Å²) in [4.78, 5) is 6.79. The first-order valence-electron chi connectivity index (χ1n) is 8.65. The maximum absolute atomic E-state index is 5.77. The number of thiazole rings is 1. The Labute approximate surface area is 146 Å². The van der Waals surface area contributed by atoms with Crippen LogP contribution in [0.25, 0.3) is 0 Å². The second-order valence-corrected chi connectivity index (χ2v) is 7.16. The fourth-order valence-corrected chi connectivity index (χ4v) is 3.92. The standard InChI is InChI=1S/C18H23N3O2S/c1-9-22-16-3-2-14(12-17(16)23-10-1)13-20-15-4-7-21(8-5-15)18-19-6-11-24-18/h2-3,6,11-12,15,20H,1,4-5,7-10,13H2. The lowest BCUT2D eigenvalue weighted by Crippen LogP contribution is -2.42. The minimum Gasteiger partial charge on any atom is -0.490 e. The molecule has 1 aromatic heterocycles. The maximum Gasteiger partial charge on any atom is 0.185 e. The van der Waals surface area contributed by atoms with Gasteiger partial charge in [0.2, 0.25) is 0 Å². The van der Waals surface area contributed by atoms with Crippen LogP contribution in [-0.4, -0.2) is 37.3 Å². The molecule has 0 unspecified atom stereocenters. The summed E-state index contributed by atoms with van der Waals surface area (Å²) in [5, 5.41) is 6.88. The van der Waals surface area contributed by atoms with Crippen molar-refractivity contribution in [1.82, 2.24) is 10.3 Å². The number of nitrogens with one attached hydrogen (secondary N) is 1. The molecule has 0 saturated carbocycles. The van der Waals surface area contributed by atoms with Crippen LogP contribution in [0.5, 0.6) is 11.5 Å². The minimum atomic E-state index is 0.567. The zero-order valence-corrected chi connectivity index (χ0v) is 14.6. The third-order valence-corrected chi connectivity index (χ3v) is 5.42. The lowest BCUT2D eigenvalue weighted by molar-refractivity contribution is 0.297. The van der Waals surface area contributed by atoms with Crippen molar-refractivity contribution in [2.75, 3.05) is 31.2 Å². The van der Waals surface area contributed by atoms with E-state index >= 15 is 0 Å². The van der Waals surface area contributed by atoms with Crippen LogP contribution in [0, 0.1) is 0 Å². The molecule has 0 atom stereocenters. The molecule has 1 saturated heterocycles. The van der Waals surface area contributed by atoms with E-state index in [1.165, 1.54) is 5.56 Å². The van der Waals surface area contributed by atoms with Crippen molar-refractivity contribution in [3.05, 3.63) is 35.3 Å². The molecule has 5 nitrogen and oxygen atoms in total. The summed E-state index contributed by atoms with van der Waals surface area (Å²) in [5.41, 5.74) is 1.25. The second-order valence-electron chi connectivity index (χ2n) is 6.29. The van der Waals surface area contributed by atoms with Gasteiger partial charge in [-0.2, -0.15) is 0 Å². The van der Waals surface area contributed by atoms with Crippen LogP contribution in [0.4, 0.5) is 5.13 Å². The molecule has 128 valence electrons. The number of anilines is 1. The van der Waals surface area contributed by atoms with Crippen LogP contribution in [0.15, 0.2) is 29.8 Å². The quantitative estimate of drug-likeness (QED) is 0.923. The highest BCUT2D eigenvalue weighted by molar-refractivity contribution is 7.13. The second kappa shape index (κ2) is 7.40. The molecule has 1 aromatic carbocycles. The highest BCUT2D eigenvalue weighted by Gasteiger charge is 2.20. The lowest BCUT2D eigenvalue weighted by Gasteiger charge is -2.32. The number of benzene rings is 1. The van der Waals surface area contributed by atoms with Gasteiger partial charge in [0.1, 0.15) is 0 Å². The van der Waals surface area contributed by atoms with Gasteiger partial charge in [0.05, 0.1) is 13.2 Å². The number of ether oxygens (including phenoxy) is 2. The SMILES string of the molecule is c1csc(N2CCC(NCc3ccc4c(c3)OCCCO4)CC2)n1. The fraction of sp³-hybridized carbons (Fsp3) is 0.500. The topological polar surface area (TPSA) is 46.6 Å². The predicted octanol–water partition coefficient (Wildman–Crippen LogP) is 3.06. The van der Waals surface area contributed by atoms with E-state index < -0.39 is 0 Å². The van der Waals surface area contributed by atoms with Gasteiger partial charge in [-0.05, 0) is 30.5 Å². The van der Waals surface area contributed by atoms with Crippen LogP contribution in [0.2, 0.25) is 0 Å². The highest BCUT2D eigenvalue weighted by Crippen LogP contribution is 2.30. The van der Waals surface area contributed by atoms with Gasteiger partial charge < -0.3 is 19.7 Å². The van der Waals surface area contributed by atoms with Crippen molar-refractivity contribution in [2.24, 2.45) is 0 Å². The molecule has 2 aromatic rings. The van der Waals surface area contributed by atoms with E-state index in [2.05, 4.69) is 27.3 Å². The molecule has 0 bridgehead atoms. The Morgan fingerprint density at radius 2 is 2.00 bits per heavy atom. The third kappa shape index (κ3) is 3.65.